The molecular formula is C19H32ClN3O3S. The average Bonchev–Trinajstić information content (AvgIpc) is 2.65. The van der Waals surface area contributed by atoms with Gasteiger partial charge in [-0.3, -0.25) is 4.79 Å². The molecule has 1 aromatic rings. The molecule has 2 rings (SSSR count). The van der Waals surface area contributed by atoms with Gasteiger partial charge in [0.25, 0.3) is 0 Å². The lowest BCUT2D eigenvalue weighted by Crippen LogP contribution is -2.29. The summed E-state index contributed by atoms with van der Waals surface area (Å²) in [6, 6.07) is 6.35. The van der Waals surface area contributed by atoms with Gasteiger partial charge in [0, 0.05) is 24.7 Å². The molecule has 8 heteroatoms. The van der Waals surface area contributed by atoms with Crippen LogP contribution in [0.5, 0.6) is 0 Å². The molecule has 0 unspecified atom stereocenters. The van der Waals surface area contributed by atoms with Crippen LogP contribution in [0, 0.1) is 11.8 Å². The van der Waals surface area contributed by atoms with Gasteiger partial charge in [-0.05, 0) is 49.8 Å². The highest BCUT2D eigenvalue weighted by molar-refractivity contribution is 7.89. The maximum Gasteiger partial charge on any atom is 0.240 e. The Labute approximate surface area is 169 Å². The summed E-state index contributed by atoms with van der Waals surface area (Å²) in [6.07, 6.45) is 7.79. The Morgan fingerprint density at radius 2 is 1.93 bits per heavy atom. The second kappa shape index (κ2) is 11.6. The third kappa shape index (κ3) is 7.41. The Kier molecular flexibility index (Phi) is 10.3. The summed E-state index contributed by atoms with van der Waals surface area (Å²) in [5.41, 5.74) is 5.86. The van der Waals surface area contributed by atoms with E-state index in [0.29, 0.717) is 5.69 Å². The molecule has 0 aliphatic heterocycles. The molecule has 0 aromatic heterocycles. The van der Waals surface area contributed by atoms with E-state index in [1.54, 1.807) is 12.1 Å². The summed E-state index contributed by atoms with van der Waals surface area (Å²) >= 11 is 0. The van der Waals surface area contributed by atoms with Crippen LogP contribution < -0.4 is 15.8 Å². The highest BCUT2D eigenvalue weighted by atomic mass is 35.5. The predicted molar refractivity (Wildman–Crippen MR) is 112 cm³/mol. The van der Waals surface area contributed by atoms with Crippen LogP contribution >= 0.6 is 12.4 Å². The van der Waals surface area contributed by atoms with E-state index in [1.807, 2.05) is 0 Å². The molecule has 27 heavy (non-hydrogen) atoms. The zero-order valence-corrected chi connectivity index (χ0v) is 17.6. The van der Waals surface area contributed by atoms with Gasteiger partial charge in [-0.25, -0.2) is 13.1 Å². The molecule has 1 saturated carbocycles. The lowest BCUT2D eigenvalue weighted by molar-refractivity contribution is -0.121. The number of rotatable bonds is 9. The van der Waals surface area contributed by atoms with Crippen molar-refractivity contribution < 1.29 is 13.2 Å². The molecule has 1 fully saturated rings. The van der Waals surface area contributed by atoms with Crippen molar-refractivity contribution in [2.24, 2.45) is 17.6 Å². The molecule has 6 nitrogen and oxygen atoms in total. The number of hydrogen-bond acceptors (Lipinski definition) is 4. The molecule has 0 saturated heterocycles. The number of halogens is 1. The lowest BCUT2D eigenvalue weighted by Gasteiger charge is -2.27. The Morgan fingerprint density at radius 1 is 1.22 bits per heavy atom. The number of unbranched alkanes of at least 4 members (excludes halogenated alkanes) is 1. The molecule has 0 atom stereocenters. The zero-order valence-electron chi connectivity index (χ0n) is 15.9. The molecule has 1 aliphatic carbocycles. The van der Waals surface area contributed by atoms with Gasteiger partial charge in [-0.15, -0.1) is 12.4 Å². The average molecular weight is 418 g/mol. The quantitative estimate of drug-likeness (QED) is 0.573. The lowest BCUT2D eigenvalue weighted by atomic mass is 9.79. The van der Waals surface area contributed by atoms with E-state index in [1.165, 1.54) is 31.4 Å². The predicted octanol–water partition coefficient (Wildman–Crippen LogP) is 3.28. The smallest absolute Gasteiger partial charge is 0.240 e. The first kappa shape index (κ1) is 23.9. The van der Waals surface area contributed by atoms with Gasteiger partial charge < -0.3 is 11.1 Å². The van der Waals surface area contributed by atoms with Crippen molar-refractivity contribution in [3.8, 4) is 0 Å². The van der Waals surface area contributed by atoms with Crippen molar-refractivity contribution >= 4 is 34.0 Å². The van der Waals surface area contributed by atoms with Crippen molar-refractivity contribution in [3.63, 3.8) is 0 Å². The van der Waals surface area contributed by atoms with Crippen molar-refractivity contribution in [3.05, 3.63) is 24.3 Å². The van der Waals surface area contributed by atoms with Gasteiger partial charge in [0.15, 0.2) is 0 Å². The molecule has 1 aromatic carbocycles. The Hall–Kier alpha value is -1.15. The van der Waals surface area contributed by atoms with E-state index in [0.717, 1.165) is 31.6 Å². The SMILES string of the molecule is CCCCC1CCC(C(=O)Nc2cccc(S(=O)(=O)NCCN)c2)CC1.Cl. The van der Waals surface area contributed by atoms with Crippen molar-refractivity contribution in [2.75, 3.05) is 18.4 Å². The number of carbonyl (C=O) groups excluding carboxylic acids is 1. The second-order valence-corrected chi connectivity index (χ2v) is 8.83. The van der Waals surface area contributed by atoms with E-state index in [2.05, 4.69) is 17.0 Å². The Morgan fingerprint density at radius 3 is 2.56 bits per heavy atom. The summed E-state index contributed by atoms with van der Waals surface area (Å²) in [6.45, 7) is 2.62. The number of nitrogens with two attached hydrogens (primary N) is 1. The van der Waals surface area contributed by atoms with Crippen molar-refractivity contribution in [1.82, 2.24) is 4.72 Å². The number of nitrogens with one attached hydrogen (secondary N) is 2. The minimum Gasteiger partial charge on any atom is -0.329 e. The van der Waals surface area contributed by atoms with Crippen LogP contribution in [0.25, 0.3) is 0 Å². The van der Waals surface area contributed by atoms with Crippen molar-refractivity contribution in [1.29, 1.82) is 0 Å². The van der Waals surface area contributed by atoms with E-state index in [9.17, 15) is 13.2 Å². The standard InChI is InChI=1S/C19H31N3O3S.ClH/c1-2-3-5-15-8-10-16(11-9-15)19(23)22-17-6-4-7-18(14-17)26(24,25)21-13-12-20;/h4,6-7,14-16,21H,2-3,5,8-13,20H2,1H3,(H,22,23);1H. The fourth-order valence-corrected chi connectivity index (χ4v) is 4.56. The van der Waals surface area contributed by atoms with Gasteiger partial charge in [0.2, 0.25) is 15.9 Å². The summed E-state index contributed by atoms with van der Waals surface area (Å²) in [4.78, 5) is 12.7. The van der Waals surface area contributed by atoms with Gasteiger partial charge in [-0.2, -0.15) is 0 Å². The van der Waals surface area contributed by atoms with E-state index < -0.39 is 10.0 Å². The van der Waals surface area contributed by atoms with Gasteiger partial charge in [-0.1, -0.05) is 32.3 Å². The summed E-state index contributed by atoms with van der Waals surface area (Å²) < 4.78 is 26.8. The van der Waals surface area contributed by atoms with Gasteiger partial charge >= 0.3 is 0 Å². The zero-order chi connectivity index (χ0) is 19.0. The Bertz CT molecular complexity index is 689. The second-order valence-electron chi connectivity index (χ2n) is 7.06. The molecule has 0 bridgehead atoms. The topological polar surface area (TPSA) is 101 Å². The highest BCUT2D eigenvalue weighted by Crippen LogP contribution is 2.32. The molecular weight excluding hydrogens is 386 g/mol. The summed E-state index contributed by atoms with van der Waals surface area (Å²) in [5, 5.41) is 2.88. The van der Waals surface area contributed by atoms with Crippen LogP contribution in [-0.2, 0) is 14.8 Å². The monoisotopic (exact) mass is 417 g/mol. The number of benzene rings is 1. The number of amides is 1. The normalized spacial score (nSPS) is 19.9. The van der Waals surface area contributed by atoms with Crippen LogP contribution in [0.1, 0.15) is 51.9 Å². The minimum atomic E-state index is -3.60. The fraction of sp³-hybridized carbons (Fsp3) is 0.632. The molecule has 154 valence electrons. The maximum absolute atomic E-state index is 12.5. The highest BCUT2D eigenvalue weighted by Gasteiger charge is 2.26. The fourth-order valence-electron chi connectivity index (χ4n) is 3.47. The third-order valence-electron chi connectivity index (χ3n) is 5.03. The van der Waals surface area contributed by atoms with Gasteiger partial charge in [0.1, 0.15) is 0 Å². The minimum absolute atomic E-state index is 0. The van der Waals surface area contributed by atoms with E-state index in [-0.39, 0.29) is 42.2 Å². The molecule has 0 radical (unpaired) electrons. The maximum atomic E-state index is 12.5. The van der Waals surface area contributed by atoms with Gasteiger partial charge in [0.05, 0.1) is 4.90 Å². The number of anilines is 1. The van der Waals surface area contributed by atoms with E-state index in [4.69, 9.17) is 5.73 Å². The first-order valence-corrected chi connectivity index (χ1v) is 11.0. The molecule has 1 amide bonds. The van der Waals surface area contributed by atoms with Crippen LogP contribution in [-0.4, -0.2) is 27.4 Å². The number of sulfonamides is 1. The van der Waals surface area contributed by atoms with Crippen LogP contribution in [0.3, 0.4) is 0 Å². The molecule has 4 N–H and O–H groups in total. The first-order valence-electron chi connectivity index (χ1n) is 9.57. The van der Waals surface area contributed by atoms with Crippen molar-refractivity contribution in [2.45, 2.75) is 56.8 Å². The summed E-state index contributed by atoms with van der Waals surface area (Å²) in [5.74, 6) is 0.757. The van der Waals surface area contributed by atoms with Crippen LogP contribution in [0.2, 0.25) is 0 Å². The van der Waals surface area contributed by atoms with E-state index >= 15 is 0 Å². The third-order valence-corrected chi connectivity index (χ3v) is 6.49. The summed E-state index contributed by atoms with van der Waals surface area (Å²) in [7, 11) is -3.60. The van der Waals surface area contributed by atoms with Crippen LogP contribution in [0.4, 0.5) is 5.69 Å². The van der Waals surface area contributed by atoms with Crippen LogP contribution in [0.15, 0.2) is 29.2 Å². The first-order chi connectivity index (χ1) is 12.5. The number of carbonyl (C=O) groups is 1. The number of hydrogen-bond donors (Lipinski definition) is 3. The molecule has 0 heterocycles. The Balaban J connectivity index is 0.00000364. The largest absolute Gasteiger partial charge is 0.329 e. The molecule has 0 spiro atoms. The molecule has 1 aliphatic rings.